The summed E-state index contributed by atoms with van der Waals surface area (Å²) in [4.78, 5) is 3.47. The number of benzene rings is 3. The van der Waals surface area contributed by atoms with Crippen molar-refractivity contribution in [1.82, 2.24) is 4.98 Å². The summed E-state index contributed by atoms with van der Waals surface area (Å²) in [6.45, 7) is -0.204. The van der Waals surface area contributed by atoms with E-state index < -0.39 is 32.7 Å². The van der Waals surface area contributed by atoms with Crippen molar-refractivity contribution in [1.29, 1.82) is 0 Å². The highest BCUT2D eigenvalue weighted by Gasteiger charge is 2.32. The Balaban J connectivity index is 1.70. The van der Waals surface area contributed by atoms with Gasteiger partial charge in [-0.3, -0.25) is 0 Å². The van der Waals surface area contributed by atoms with Crippen LogP contribution in [0.5, 0.6) is 11.5 Å². The Kier molecular flexibility index (Phi) is 8.36. The molecule has 0 aliphatic rings. The molecular weight excluding hydrogens is 558 g/mol. The molecule has 0 saturated carbocycles. The van der Waals surface area contributed by atoms with Gasteiger partial charge in [-0.15, -0.1) is 11.3 Å². The second-order valence-electron chi connectivity index (χ2n) is 7.94. The molecule has 0 bridgehead atoms. The summed E-state index contributed by atoms with van der Waals surface area (Å²) in [6, 6.07) is 12.4. The summed E-state index contributed by atoms with van der Waals surface area (Å²) >= 11 is 7.42. The van der Waals surface area contributed by atoms with E-state index in [0.29, 0.717) is 22.6 Å². The number of rotatable bonds is 10. The van der Waals surface area contributed by atoms with Crippen molar-refractivity contribution in [3.63, 3.8) is 0 Å². The third-order valence-corrected chi connectivity index (χ3v) is 8.52. The third kappa shape index (κ3) is 5.83. The third-order valence-electron chi connectivity index (χ3n) is 5.55. The Labute approximate surface area is 227 Å². The molecule has 0 saturated heterocycles. The normalized spacial score (nSPS) is 12.2. The molecule has 3 aromatic carbocycles. The summed E-state index contributed by atoms with van der Waals surface area (Å²) in [7, 11) is -1.55. The predicted molar refractivity (Wildman–Crippen MR) is 143 cm³/mol. The number of nitrogens with one attached hydrogen (secondary N) is 1. The van der Waals surface area contributed by atoms with Gasteiger partial charge in [0.1, 0.15) is 34.2 Å². The van der Waals surface area contributed by atoms with Crippen LogP contribution in [0.15, 0.2) is 71.1 Å². The standard InChI is InChI=1S/C25H23ClF2N4O4S2/c1-35-18-7-6-16(22(11-18)36-2)14-32(25-30-8-9-37-25)38(33,34)23-12-19(26)21(13-20(23)28)31-24(29)15-4-3-5-17(27)10-15/h3-13,24,31H,14,29H2,1-2H3/t24-/m1/s1. The molecule has 1 atom stereocenters. The number of ether oxygens (including phenoxy) is 2. The van der Waals surface area contributed by atoms with E-state index in [0.717, 1.165) is 27.8 Å². The minimum atomic E-state index is -4.49. The van der Waals surface area contributed by atoms with Crippen LogP contribution in [0.4, 0.5) is 19.6 Å². The number of hydrogen-bond acceptors (Lipinski definition) is 8. The fourth-order valence-electron chi connectivity index (χ4n) is 3.64. The number of nitrogens with zero attached hydrogens (tertiary/aromatic N) is 2. The first-order valence-corrected chi connectivity index (χ1v) is 13.7. The lowest BCUT2D eigenvalue weighted by atomic mass is 10.1. The molecule has 4 rings (SSSR count). The van der Waals surface area contributed by atoms with E-state index >= 15 is 4.39 Å². The number of hydrogen-bond donors (Lipinski definition) is 2. The zero-order chi connectivity index (χ0) is 27.4. The van der Waals surface area contributed by atoms with Gasteiger partial charge in [-0.1, -0.05) is 23.7 Å². The van der Waals surface area contributed by atoms with E-state index in [1.807, 2.05) is 0 Å². The number of nitrogens with two attached hydrogens (primary N) is 1. The first-order chi connectivity index (χ1) is 18.1. The van der Waals surface area contributed by atoms with Crippen LogP contribution in [0.25, 0.3) is 0 Å². The molecule has 1 heterocycles. The highest BCUT2D eigenvalue weighted by molar-refractivity contribution is 7.93. The van der Waals surface area contributed by atoms with Crippen molar-refractivity contribution < 1.29 is 26.7 Å². The quantitative estimate of drug-likeness (QED) is 0.237. The molecule has 0 aliphatic carbocycles. The van der Waals surface area contributed by atoms with Crippen LogP contribution in [0.2, 0.25) is 5.02 Å². The molecule has 0 amide bonds. The van der Waals surface area contributed by atoms with Crippen LogP contribution < -0.4 is 24.8 Å². The van der Waals surface area contributed by atoms with Crippen LogP contribution >= 0.6 is 22.9 Å². The molecule has 8 nitrogen and oxygen atoms in total. The Morgan fingerprint density at radius 1 is 1.13 bits per heavy atom. The van der Waals surface area contributed by atoms with E-state index in [9.17, 15) is 12.8 Å². The number of methoxy groups -OCH3 is 2. The average Bonchev–Trinajstić information content (AvgIpc) is 3.43. The van der Waals surface area contributed by atoms with Gasteiger partial charge in [-0.2, -0.15) is 0 Å². The van der Waals surface area contributed by atoms with Crippen LogP contribution in [-0.2, 0) is 16.6 Å². The Bertz CT molecular complexity index is 1540. The summed E-state index contributed by atoms with van der Waals surface area (Å²) < 4.78 is 68.1. The second-order valence-corrected chi connectivity index (χ2v) is 11.1. The van der Waals surface area contributed by atoms with Gasteiger partial charge >= 0.3 is 0 Å². The van der Waals surface area contributed by atoms with Crippen LogP contribution in [-0.4, -0.2) is 27.6 Å². The van der Waals surface area contributed by atoms with Crippen molar-refractivity contribution in [3.8, 4) is 11.5 Å². The van der Waals surface area contributed by atoms with Crippen LogP contribution in [0, 0.1) is 11.6 Å². The largest absolute Gasteiger partial charge is 0.497 e. The van der Waals surface area contributed by atoms with Gasteiger partial charge < -0.3 is 20.5 Å². The molecule has 0 radical (unpaired) electrons. The fraction of sp³-hybridized carbons (Fsp3) is 0.160. The summed E-state index contributed by atoms with van der Waals surface area (Å²) in [6.07, 6.45) is 0.511. The Morgan fingerprint density at radius 3 is 2.58 bits per heavy atom. The molecule has 1 aromatic heterocycles. The Hall–Kier alpha value is -3.45. The van der Waals surface area contributed by atoms with Gasteiger partial charge in [0.05, 0.1) is 31.5 Å². The monoisotopic (exact) mass is 580 g/mol. The molecule has 0 fully saturated rings. The van der Waals surface area contributed by atoms with Crippen molar-refractivity contribution in [2.75, 3.05) is 23.8 Å². The number of sulfonamides is 1. The van der Waals surface area contributed by atoms with Gasteiger partial charge in [0.15, 0.2) is 5.13 Å². The van der Waals surface area contributed by atoms with E-state index in [1.54, 1.807) is 29.6 Å². The van der Waals surface area contributed by atoms with Crippen molar-refractivity contribution in [2.45, 2.75) is 17.6 Å². The molecular formula is C25H23ClF2N4O4S2. The first kappa shape index (κ1) is 27.6. The average molecular weight is 581 g/mol. The SMILES string of the molecule is COc1ccc(CN(c2nccs2)S(=O)(=O)c2cc(Cl)c(N[C@@H](N)c3cccc(F)c3)cc2F)c(OC)c1. The van der Waals surface area contributed by atoms with Gasteiger partial charge in [0.25, 0.3) is 10.0 Å². The molecule has 0 unspecified atom stereocenters. The number of aromatic nitrogens is 1. The predicted octanol–water partition coefficient (Wildman–Crippen LogP) is 5.56. The van der Waals surface area contributed by atoms with Crippen LogP contribution in [0.1, 0.15) is 17.3 Å². The molecule has 3 N–H and O–H groups in total. The first-order valence-electron chi connectivity index (χ1n) is 11.0. The van der Waals surface area contributed by atoms with Gasteiger partial charge in [-0.25, -0.2) is 26.5 Å². The Morgan fingerprint density at radius 2 is 1.92 bits per heavy atom. The zero-order valence-corrected chi connectivity index (χ0v) is 22.6. The highest BCUT2D eigenvalue weighted by Crippen LogP contribution is 2.35. The van der Waals surface area contributed by atoms with Crippen LogP contribution in [0.3, 0.4) is 0 Å². The minimum Gasteiger partial charge on any atom is -0.497 e. The highest BCUT2D eigenvalue weighted by atomic mass is 35.5. The number of thiazole rings is 1. The minimum absolute atomic E-state index is 0.0394. The number of halogens is 3. The van der Waals surface area contributed by atoms with E-state index in [2.05, 4.69) is 10.3 Å². The second kappa shape index (κ2) is 11.5. The van der Waals surface area contributed by atoms with Crippen molar-refractivity contribution >= 4 is 43.8 Å². The van der Waals surface area contributed by atoms with Gasteiger partial charge in [0.2, 0.25) is 0 Å². The lowest BCUT2D eigenvalue weighted by Gasteiger charge is -2.24. The smallest absolute Gasteiger partial charge is 0.269 e. The zero-order valence-electron chi connectivity index (χ0n) is 20.2. The lowest BCUT2D eigenvalue weighted by Crippen LogP contribution is -2.31. The van der Waals surface area contributed by atoms with E-state index in [-0.39, 0.29) is 22.4 Å². The molecule has 0 aliphatic heterocycles. The maximum Gasteiger partial charge on any atom is 0.269 e. The maximum atomic E-state index is 15.4. The summed E-state index contributed by atoms with van der Waals surface area (Å²) in [5, 5.41) is 4.41. The maximum absolute atomic E-state index is 15.4. The molecule has 200 valence electrons. The molecule has 13 heteroatoms. The lowest BCUT2D eigenvalue weighted by molar-refractivity contribution is 0.391. The number of anilines is 2. The topological polar surface area (TPSA) is 107 Å². The van der Waals surface area contributed by atoms with Gasteiger partial charge in [0, 0.05) is 23.2 Å². The molecule has 4 aromatic rings. The molecule has 38 heavy (non-hydrogen) atoms. The van der Waals surface area contributed by atoms with E-state index in [1.165, 1.54) is 38.6 Å². The van der Waals surface area contributed by atoms with Gasteiger partial charge in [-0.05, 0) is 42.0 Å². The van der Waals surface area contributed by atoms with Crippen molar-refractivity contribution in [3.05, 3.63) is 94.0 Å². The summed E-state index contributed by atoms with van der Waals surface area (Å²) in [5.74, 6) is -0.655. The van der Waals surface area contributed by atoms with E-state index in [4.69, 9.17) is 26.8 Å². The molecule has 0 spiro atoms. The summed E-state index contributed by atoms with van der Waals surface area (Å²) in [5.41, 5.74) is 7.00. The van der Waals surface area contributed by atoms with Crippen molar-refractivity contribution in [2.24, 2.45) is 5.73 Å². The fourth-order valence-corrected chi connectivity index (χ4v) is 6.26.